The molecule has 0 radical (unpaired) electrons. The minimum Gasteiger partial charge on any atom is -0.357 e. The Hall–Kier alpha value is -1.94. The number of hydrogen-bond acceptors (Lipinski definition) is 3. The third-order valence-corrected chi connectivity index (χ3v) is 3.85. The highest BCUT2D eigenvalue weighted by Crippen LogP contribution is 2.06. The van der Waals surface area contributed by atoms with Gasteiger partial charge in [0.05, 0.1) is 5.56 Å². The lowest BCUT2D eigenvalue weighted by molar-refractivity contribution is 0.0950. The molecule has 28 heavy (non-hydrogen) atoms. The molecule has 2 aromatic rings. The Morgan fingerprint density at radius 1 is 1.14 bits per heavy atom. The van der Waals surface area contributed by atoms with Crippen molar-refractivity contribution in [2.45, 2.75) is 13.3 Å². The summed E-state index contributed by atoms with van der Waals surface area (Å²) in [6.07, 6.45) is 2.47. The van der Waals surface area contributed by atoms with Crippen LogP contribution in [0.4, 0.5) is 4.39 Å². The largest absolute Gasteiger partial charge is 0.357 e. The molecule has 0 aliphatic rings. The zero-order valence-electron chi connectivity index (χ0n) is 15.5. The van der Waals surface area contributed by atoms with Gasteiger partial charge < -0.3 is 16.0 Å². The van der Waals surface area contributed by atoms with E-state index >= 15 is 0 Å². The molecule has 0 aliphatic heterocycles. The summed E-state index contributed by atoms with van der Waals surface area (Å²) >= 11 is 5.77. The van der Waals surface area contributed by atoms with Crippen molar-refractivity contribution < 1.29 is 9.18 Å². The number of halogens is 3. The topological polar surface area (TPSA) is 78.4 Å². The van der Waals surface area contributed by atoms with Gasteiger partial charge in [0.25, 0.3) is 5.91 Å². The van der Waals surface area contributed by atoms with E-state index in [2.05, 4.69) is 25.9 Å². The lowest BCUT2D eigenvalue weighted by atomic mass is 10.2. The van der Waals surface area contributed by atoms with Crippen LogP contribution < -0.4 is 16.0 Å². The summed E-state index contributed by atoms with van der Waals surface area (Å²) in [5.41, 5.74) is 1.09. The Labute approximate surface area is 186 Å². The van der Waals surface area contributed by atoms with Crippen LogP contribution in [0.5, 0.6) is 0 Å². The van der Waals surface area contributed by atoms with Crippen LogP contribution in [-0.2, 0) is 6.42 Å². The number of guanidine groups is 1. The van der Waals surface area contributed by atoms with Crippen molar-refractivity contribution >= 4 is 47.4 Å². The number of nitrogens with one attached hydrogen (secondary N) is 3. The van der Waals surface area contributed by atoms with Gasteiger partial charge in [-0.1, -0.05) is 29.8 Å². The molecule has 0 saturated heterocycles. The third-order valence-electron chi connectivity index (χ3n) is 3.62. The fourth-order valence-corrected chi connectivity index (χ4v) is 2.40. The number of carbonyl (C=O) groups excluding carboxylic acids is 1. The van der Waals surface area contributed by atoms with Gasteiger partial charge >= 0.3 is 0 Å². The molecule has 0 atom stereocenters. The maximum absolute atomic E-state index is 13.6. The summed E-state index contributed by atoms with van der Waals surface area (Å²) in [6, 6.07) is 9.57. The van der Waals surface area contributed by atoms with Crippen molar-refractivity contribution in [2.75, 3.05) is 26.2 Å². The minimum atomic E-state index is -0.533. The van der Waals surface area contributed by atoms with Crippen LogP contribution in [0.25, 0.3) is 0 Å². The monoisotopic (exact) mass is 519 g/mol. The molecule has 0 fully saturated rings. The molecule has 152 valence electrons. The molecule has 2 rings (SSSR count). The molecule has 9 heteroatoms. The third kappa shape index (κ3) is 8.39. The summed E-state index contributed by atoms with van der Waals surface area (Å²) < 4.78 is 13.6. The summed E-state index contributed by atoms with van der Waals surface area (Å²) in [6.45, 7) is 4.09. The van der Waals surface area contributed by atoms with Crippen LogP contribution in [0.3, 0.4) is 0 Å². The van der Waals surface area contributed by atoms with Gasteiger partial charge in [-0.15, -0.1) is 24.0 Å². The highest BCUT2D eigenvalue weighted by molar-refractivity contribution is 14.0. The first kappa shape index (κ1) is 24.1. The van der Waals surface area contributed by atoms with Gasteiger partial charge in [0.15, 0.2) is 5.96 Å². The van der Waals surface area contributed by atoms with E-state index in [0.717, 1.165) is 18.5 Å². The van der Waals surface area contributed by atoms with E-state index in [1.807, 2.05) is 13.0 Å². The summed E-state index contributed by atoms with van der Waals surface area (Å²) in [5.74, 6) is -0.318. The number of benzene rings is 1. The van der Waals surface area contributed by atoms with Crippen molar-refractivity contribution in [1.82, 2.24) is 20.9 Å². The minimum absolute atomic E-state index is 0. The quantitative estimate of drug-likeness (QED) is 0.165. The molecule has 6 nitrogen and oxygen atoms in total. The Morgan fingerprint density at radius 2 is 1.89 bits per heavy atom. The average molecular weight is 520 g/mol. The fraction of sp³-hybridized carbons (Fsp3) is 0.316. The lowest BCUT2D eigenvalue weighted by Crippen LogP contribution is -2.41. The first-order chi connectivity index (χ1) is 13.1. The number of carbonyl (C=O) groups is 1. The molecule has 1 aromatic carbocycles. The molecule has 0 spiro atoms. The zero-order valence-corrected chi connectivity index (χ0v) is 18.6. The first-order valence-electron chi connectivity index (χ1n) is 8.75. The van der Waals surface area contributed by atoms with E-state index in [-0.39, 0.29) is 29.5 Å². The van der Waals surface area contributed by atoms with Gasteiger partial charge in [0.1, 0.15) is 11.0 Å². The number of aliphatic imine (C=N–C) groups is 1. The van der Waals surface area contributed by atoms with Gasteiger partial charge in [-0.25, -0.2) is 9.37 Å². The van der Waals surface area contributed by atoms with Crippen molar-refractivity contribution in [2.24, 2.45) is 4.99 Å². The highest BCUT2D eigenvalue weighted by Gasteiger charge is 2.09. The zero-order chi connectivity index (χ0) is 19.5. The van der Waals surface area contributed by atoms with Crippen LogP contribution in [0.15, 0.2) is 47.6 Å². The number of pyridine rings is 1. The molecule has 1 aromatic heterocycles. The van der Waals surface area contributed by atoms with Gasteiger partial charge in [-0.3, -0.25) is 9.79 Å². The normalized spacial score (nSPS) is 10.8. The average Bonchev–Trinajstić information content (AvgIpc) is 2.67. The van der Waals surface area contributed by atoms with Crippen molar-refractivity contribution in [3.63, 3.8) is 0 Å². The van der Waals surface area contributed by atoms with Crippen molar-refractivity contribution in [3.8, 4) is 0 Å². The van der Waals surface area contributed by atoms with Crippen LogP contribution in [0.2, 0.25) is 5.15 Å². The number of hydrogen-bond donors (Lipinski definition) is 3. The summed E-state index contributed by atoms with van der Waals surface area (Å²) in [7, 11) is 0. The van der Waals surface area contributed by atoms with Crippen LogP contribution >= 0.6 is 35.6 Å². The van der Waals surface area contributed by atoms with E-state index in [4.69, 9.17) is 11.6 Å². The van der Waals surface area contributed by atoms with Gasteiger partial charge in [-0.2, -0.15) is 0 Å². The SMILES string of the molecule is CCNC(=NCCc1ccc(Cl)nc1)NCCNC(=O)c1ccccc1F.I. The molecule has 3 N–H and O–H groups in total. The maximum atomic E-state index is 13.6. The van der Waals surface area contributed by atoms with Crippen LogP contribution in [-0.4, -0.2) is 43.0 Å². The Morgan fingerprint density at radius 3 is 2.57 bits per heavy atom. The summed E-state index contributed by atoms with van der Waals surface area (Å²) in [5, 5.41) is 9.41. The Balaban J connectivity index is 0.00000392. The lowest BCUT2D eigenvalue weighted by Gasteiger charge is -2.12. The second-order valence-electron chi connectivity index (χ2n) is 5.66. The van der Waals surface area contributed by atoms with Crippen LogP contribution in [0, 0.1) is 5.82 Å². The molecule has 0 bridgehead atoms. The second kappa shape index (κ2) is 13.3. The molecule has 1 amide bonds. The van der Waals surface area contributed by atoms with Crippen molar-refractivity contribution in [1.29, 1.82) is 0 Å². The van der Waals surface area contributed by atoms with Gasteiger partial charge in [-0.05, 0) is 37.1 Å². The van der Waals surface area contributed by atoms with E-state index < -0.39 is 11.7 Å². The van der Waals surface area contributed by atoms with E-state index in [9.17, 15) is 9.18 Å². The van der Waals surface area contributed by atoms with E-state index in [1.54, 1.807) is 24.4 Å². The van der Waals surface area contributed by atoms with E-state index in [1.165, 1.54) is 12.1 Å². The van der Waals surface area contributed by atoms with E-state index in [0.29, 0.717) is 30.7 Å². The van der Waals surface area contributed by atoms with Crippen molar-refractivity contribution in [3.05, 3.63) is 64.7 Å². The first-order valence-corrected chi connectivity index (χ1v) is 9.13. The highest BCUT2D eigenvalue weighted by atomic mass is 127. The Kier molecular flexibility index (Phi) is 11.4. The molecular weight excluding hydrogens is 496 g/mol. The molecule has 0 saturated carbocycles. The Bertz CT molecular complexity index is 773. The number of amides is 1. The predicted octanol–water partition coefficient (Wildman–Crippen LogP) is 3.02. The summed E-state index contributed by atoms with van der Waals surface area (Å²) in [4.78, 5) is 20.5. The maximum Gasteiger partial charge on any atom is 0.254 e. The second-order valence-corrected chi connectivity index (χ2v) is 6.05. The number of rotatable bonds is 8. The molecular formula is C19H24ClFIN5O. The number of nitrogens with zero attached hydrogens (tertiary/aromatic N) is 2. The molecule has 0 unspecified atom stereocenters. The standard InChI is InChI=1S/C19H23ClFN5O.HI/c1-2-22-19(24-10-9-14-7-8-17(20)26-13-14)25-12-11-23-18(27)15-5-3-4-6-16(15)21;/h3-8,13H,2,9-12H2,1H3,(H,23,27)(H2,22,24,25);1H. The predicted molar refractivity (Wildman–Crippen MR) is 121 cm³/mol. The molecule has 0 aliphatic carbocycles. The molecule has 1 heterocycles. The number of aromatic nitrogens is 1. The fourth-order valence-electron chi connectivity index (χ4n) is 2.29. The smallest absolute Gasteiger partial charge is 0.254 e. The van der Waals surface area contributed by atoms with Gasteiger partial charge in [0.2, 0.25) is 0 Å². The van der Waals surface area contributed by atoms with Gasteiger partial charge in [0, 0.05) is 32.4 Å². The van der Waals surface area contributed by atoms with Crippen LogP contribution in [0.1, 0.15) is 22.8 Å².